The molecule has 0 aliphatic heterocycles. The first kappa shape index (κ1) is 7.09. The summed E-state index contributed by atoms with van der Waals surface area (Å²) in [6.07, 6.45) is 0. The smallest absolute Gasteiger partial charge is 0.195 e. The van der Waals surface area contributed by atoms with Crippen LogP contribution in [0.15, 0.2) is 16.5 Å². The number of rotatable bonds is 2. The molecule has 2 rings (SSSR count). The molecule has 0 radical (unpaired) electrons. The van der Waals surface area contributed by atoms with Gasteiger partial charge in [-0.15, -0.1) is 0 Å². The fourth-order valence-corrected chi connectivity index (χ4v) is 1.17. The van der Waals surface area contributed by atoms with Crippen molar-refractivity contribution in [3.63, 3.8) is 0 Å². The van der Waals surface area contributed by atoms with E-state index in [2.05, 4.69) is 10.3 Å². The van der Waals surface area contributed by atoms with Gasteiger partial charge >= 0.3 is 0 Å². The molecule has 12 heavy (non-hydrogen) atoms. The van der Waals surface area contributed by atoms with Gasteiger partial charge in [-0.05, 0) is 6.92 Å². The zero-order chi connectivity index (χ0) is 8.55. The van der Waals surface area contributed by atoms with Crippen LogP contribution in [0.1, 0.15) is 6.92 Å². The zero-order valence-electron chi connectivity index (χ0n) is 6.72. The van der Waals surface area contributed by atoms with E-state index >= 15 is 0 Å². The van der Waals surface area contributed by atoms with Gasteiger partial charge in [-0.2, -0.15) is 0 Å². The Labute approximate surface area is 69.2 Å². The minimum Gasteiger partial charge on any atom is -0.494 e. The van der Waals surface area contributed by atoms with Gasteiger partial charge in [0.05, 0.1) is 5.52 Å². The summed E-state index contributed by atoms with van der Waals surface area (Å²) in [6, 6.07) is 3.37. The van der Waals surface area contributed by atoms with Crippen molar-refractivity contribution in [2.24, 2.45) is 0 Å². The Bertz CT molecular complexity index is 357. The molecule has 2 aromatic rings. The van der Waals surface area contributed by atoms with Gasteiger partial charge in [-0.3, -0.25) is 0 Å². The molecule has 2 aromatic heterocycles. The lowest BCUT2D eigenvalue weighted by Crippen LogP contribution is -1.93. The molecule has 3 N–H and O–H groups in total. The van der Waals surface area contributed by atoms with E-state index in [1.54, 1.807) is 6.07 Å². The van der Waals surface area contributed by atoms with Crippen molar-refractivity contribution in [1.29, 1.82) is 0 Å². The van der Waals surface area contributed by atoms with Gasteiger partial charge in [-0.25, -0.2) is 0 Å². The van der Waals surface area contributed by atoms with Gasteiger partial charge in [0.2, 0.25) is 0 Å². The van der Waals surface area contributed by atoms with Crippen LogP contribution < -0.4 is 5.32 Å². The van der Waals surface area contributed by atoms with Gasteiger partial charge < -0.3 is 19.8 Å². The minimum absolute atomic E-state index is 0.131. The first-order valence-corrected chi connectivity index (χ1v) is 3.85. The Morgan fingerprint density at radius 2 is 2.42 bits per heavy atom. The van der Waals surface area contributed by atoms with Gasteiger partial charge in [0.1, 0.15) is 0 Å². The Hall–Kier alpha value is -1.58. The van der Waals surface area contributed by atoms with Crippen LogP contribution in [0.2, 0.25) is 0 Å². The van der Waals surface area contributed by atoms with Crippen molar-refractivity contribution in [3.05, 3.63) is 12.1 Å². The number of H-pyrrole nitrogens is 1. The number of aromatic nitrogens is 1. The van der Waals surface area contributed by atoms with Crippen molar-refractivity contribution in [2.45, 2.75) is 6.92 Å². The van der Waals surface area contributed by atoms with Crippen LogP contribution in [0.5, 0.6) is 5.88 Å². The summed E-state index contributed by atoms with van der Waals surface area (Å²) in [4.78, 5) is 2.76. The van der Waals surface area contributed by atoms with E-state index in [4.69, 9.17) is 9.52 Å². The van der Waals surface area contributed by atoms with E-state index in [-0.39, 0.29) is 5.88 Å². The van der Waals surface area contributed by atoms with Gasteiger partial charge in [0, 0.05) is 18.7 Å². The molecule has 0 aromatic carbocycles. The lowest BCUT2D eigenvalue weighted by Gasteiger charge is -1.93. The van der Waals surface area contributed by atoms with E-state index in [1.807, 2.05) is 13.0 Å². The average Bonchev–Trinajstić information content (AvgIpc) is 2.44. The zero-order valence-corrected chi connectivity index (χ0v) is 6.72. The lowest BCUT2D eigenvalue weighted by molar-refractivity contribution is 0.458. The fourth-order valence-electron chi connectivity index (χ4n) is 1.17. The molecule has 0 saturated carbocycles. The van der Waals surface area contributed by atoms with E-state index in [0.29, 0.717) is 5.58 Å². The highest BCUT2D eigenvalue weighted by Crippen LogP contribution is 2.25. The van der Waals surface area contributed by atoms with Crippen molar-refractivity contribution < 1.29 is 9.52 Å². The summed E-state index contributed by atoms with van der Waals surface area (Å²) >= 11 is 0. The van der Waals surface area contributed by atoms with Crippen LogP contribution in [0.4, 0.5) is 5.88 Å². The first-order valence-electron chi connectivity index (χ1n) is 3.85. The highest BCUT2D eigenvalue weighted by atomic mass is 16.4. The summed E-state index contributed by atoms with van der Waals surface area (Å²) < 4.78 is 5.33. The molecule has 4 heteroatoms. The molecule has 0 aliphatic rings. The third-order valence-corrected chi connectivity index (χ3v) is 1.64. The number of furan rings is 1. The predicted molar refractivity (Wildman–Crippen MR) is 46.4 cm³/mol. The number of aromatic amines is 1. The Balaban J connectivity index is 2.43. The van der Waals surface area contributed by atoms with Crippen LogP contribution in [0.3, 0.4) is 0 Å². The third kappa shape index (κ3) is 1.01. The molecule has 0 spiro atoms. The van der Waals surface area contributed by atoms with E-state index in [0.717, 1.165) is 17.9 Å². The van der Waals surface area contributed by atoms with Crippen molar-refractivity contribution in [1.82, 2.24) is 4.98 Å². The number of hydrogen-bond acceptors (Lipinski definition) is 3. The maximum Gasteiger partial charge on any atom is 0.195 e. The van der Waals surface area contributed by atoms with Crippen molar-refractivity contribution in [2.75, 3.05) is 11.9 Å². The monoisotopic (exact) mass is 166 g/mol. The molecule has 0 unspecified atom stereocenters. The molecule has 64 valence electrons. The SMILES string of the molecule is CCNc1cc2[nH]c(O)cc2o1. The Morgan fingerprint density at radius 3 is 3.08 bits per heavy atom. The molecule has 4 nitrogen and oxygen atoms in total. The minimum atomic E-state index is 0.131. The Kier molecular flexibility index (Phi) is 1.46. The second-order valence-electron chi connectivity index (χ2n) is 2.57. The number of nitrogens with one attached hydrogen (secondary N) is 2. The molecule has 0 atom stereocenters. The van der Waals surface area contributed by atoms with Crippen LogP contribution >= 0.6 is 0 Å². The highest BCUT2D eigenvalue weighted by molar-refractivity contribution is 5.79. The number of anilines is 1. The van der Waals surface area contributed by atoms with Crippen LogP contribution in [0.25, 0.3) is 11.1 Å². The fraction of sp³-hybridized carbons (Fsp3) is 0.250. The van der Waals surface area contributed by atoms with E-state index in [9.17, 15) is 0 Å². The molecule has 0 bridgehead atoms. The molecule has 0 amide bonds. The summed E-state index contributed by atoms with van der Waals surface area (Å²) in [5.74, 6) is 0.852. The molecule has 2 heterocycles. The Morgan fingerprint density at radius 1 is 1.58 bits per heavy atom. The molecule has 0 aliphatic carbocycles. The van der Waals surface area contributed by atoms with Gasteiger partial charge in [0.15, 0.2) is 17.3 Å². The number of hydrogen-bond donors (Lipinski definition) is 3. The van der Waals surface area contributed by atoms with E-state index in [1.165, 1.54) is 0 Å². The van der Waals surface area contributed by atoms with Crippen LogP contribution in [0, 0.1) is 0 Å². The molecule has 0 fully saturated rings. The van der Waals surface area contributed by atoms with Crippen molar-refractivity contribution in [3.8, 4) is 5.88 Å². The predicted octanol–water partition coefficient (Wildman–Crippen LogP) is 1.90. The summed E-state index contributed by atoms with van der Waals surface area (Å²) in [5.41, 5.74) is 1.48. The highest BCUT2D eigenvalue weighted by Gasteiger charge is 2.05. The normalized spacial score (nSPS) is 10.8. The van der Waals surface area contributed by atoms with Crippen molar-refractivity contribution >= 4 is 17.0 Å². The first-order chi connectivity index (χ1) is 5.79. The van der Waals surface area contributed by atoms with Gasteiger partial charge in [-0.1, -0.05) is 0 Å². The van der Waals surface area contributed by atoms with Crippen LogP contribution in [-0.4, -0.2) is 16.6 Å². The van der Waals surface area contributed by atoms with Crippen LogP contribution in [-0.2, 0) is 0 Å². The largest absolute Gasteiger partial charge is 0.494 e. The molecule has 0 saturated heterocycles. The summed E-state index contributed by atoms with van der Waals surface area (Å²) in [6.45, 7) is 2.82. The topological polar surface area (TPSA) is 61.2 Å². The summed E-state index contributed by atoms with van der Waals surface area (Å²) in [7, 11) is 0. The maximum absolute atomic E-state index is 9.03. The summed E-state index contributed by atoms with van der Waals surface area (Å²) in [5, 5.41) is 12.1. The standard InChI is InChI=1S/C8H10N2O2/c1-2-9-8-3-5-6(12-8)4-7(11)10-5/h3-4,9-11H,2H2,1H3. The number of fused-ring (bicyclic) bond motifs is 1. The lowest BCUT2D eigenvalue weighted by atomic mass is 10.5. The second-order valence-corrected chi connectivity index (χ2v) is 2.57. The quantitative estimate of drug-likeness (QED) is 0.638. The molecular weight excluding hydrogens is 156 g/mol. The molecular formula is C8H10N2O2. The average molecular weight is 166 g/mol. The second kappa shape index (κ2) is 2.48. The number of aromatic hydroxyl groups is 1. The van der Waals surface area contributed by atoms with E-state index < -0.39 is 0 Å². The van der Waals surface area contributed by atoms with Gasteiger partial charge in [0.25, 0.3) is 0 Å². The maximum atomic E-state index is 9.03. The third-order valence-electron chi connectivity index (χ3n) is 1.64.